The van der Waals surface area contributed by atoms with Gasteiger partial charge in [-0.1, -0.05) is 6.08 Å². The lowest BCUT2D eigenvalue weighted by molar-refractivity contribution is 0.00453. The number of hydrogen-bond donors (Lipinski definition) is 1. The summed E-state index contributed by atoms with van der Waals surface area (Å²) >= 11 is 4.65. The highest BCUT2D eigenvalue weighted by Gasteiger charge is 2.34. The van der Waals surface area contributed by atoms with Gasteiger partial charge in [0.15, 0.2) is 0 Å². The van der Waals surface area contributed by atoms with Crippen LogP contribution >= 0.6 is 12.6 Å². The molecule has 0 N–H and O–H groups in total. The van der Waals surface area contributed by atoms with Crippen molar-refractivity contribution in [3.8, 4) is 0 Å². The zero-order chi connectivity index (χ0) is 17.7. The normalized spacial score (nSPS) is 22.9. The minimum Gasteiger partial charge on any atom is -0.428 e. The zero-order valence-corrected chi connectivity index (χ0v) is 16.9. The molecule has 2 unspecified atom stereocenters. The number of aliphatic imine (C=N–C) groups is 1. The van der Waals surface area contributed by atoms with Gasteiger partial charge in [0.1, 0.15) is 0 Å². The van der Waals surface area contributed by atoms with Gasteiger partial charge in [-0.3, -0.25) is 4.99 Å². The number of nitrogens with zero attached hydrogens (tertiary/aromatic N) is 1. The van der Waals surface area contributed by atoms with Crippen molar-refractivity contribution in [2.45, 2.75) is 90.2 Å². The molecule has 1 aliphatic rings. The van der Waals surface area contributed by atoms with Gasteiger partial charge in [-0.15, -0.1) is 0 Å². The third kappa shape index (κ3) is 6.28. The Morgan fingerprint density at radius 1 is 1.35 bits per heavy atom. The minimum absolute atomic E-state index is 0.194. The lowest BCUT2D eigenvalue weighted by Crippen LogP contribution is -2.44. The summed E-state index contributed by atoms with van der Waals surface area (Å²) in [6, 6.07) is 0.194. The molecular formula is C18H34BNO2S. The molecule has 23 heavy (non-hydrogen) atoms. The maximum absolute atomic E-state index is 6.14. The summed E-state index contributed by atoms with van der Waals surface area (Å²) in [5.41, 5.74) is 1.86. The van der Waals surface area contributed by atoms with Crippen molar-refractivity contribution in [3.63, 3.8) is 0 Å². The Bertz CT molecular complexity index is 435. The Hall–Kier alpha value is -0.255. The molecule has 0 saturated carbocycles. The molecule has 0 bridgehead atoms. The van der Waals surface area contributed by atoms with E-state index in [0.717, 1.165) is 24.2 Å². The SMILES string of the molecule is C/C=C(BOC(C)(C)C(C)(C)S)\C(C)=N/C(C)C1CCCCO1. The fourth-order valence-electron chi connectivity index (χ4n) is 2.45. The van der Waals surface area contributed by atoms with Gasteiger partial charge < -0.3 is 9.39 Å². The Morgan fingerprint density at radius 2 is 2.00 bits per heavy atom. The van der Waals surface area contributed by atoms with E-state index in [9.17, 15) is 0 Å². The van der Waals surface area contributed by atoms with Gasteiger partial charge in [-0.05, 0) is 73.2 Å². The summed E-state index contributed by atoms with van der Waals surface area (Å²) in [5, 5.41) is 0. The van der Waals surface area contributed by atoms with Gasteiger partial charge in [0.25, 0.3) is 0 Å². The predicted octanol–water partition coefficient (Wildman–Crippen LogP) is 4.16. The molecule has 5 heteroatoms. The quantitative estimate of drug-likeness (QED) is 0.429. The highest BCUT2D eigenvalue weighted by atomic mass is 32.1. The van der Waals surface area contributed by atoms with E-state index in [-0.39, 0.29) is 22.5 Å². The third-order valence-corrected chi connectivity index (χ3v) is 5.56. The van der Waals surface area contributed by atoms with Crippen LogP contribution in [0.3, 0.4) is 0 Å². The largest absolute Gasteiger partial charge is 0.428 e. The summed E-state index contributed by atoms with van der Waals surface area (Å²) in [6.45, 7) is 15.4. The molecule has 0 aromatic heterocycles. The van der Waals surface area contributed by atoms with Crippen molar-refractivity contribution in [2.75, 3.05) is 6.61 Å². The second-order valence-corrected chi connectivity index (χ2v) is 8.65. The van der Waals surface area contributed by atoms with Crippen LogP contribution in [0.5, 0.6) is 0 Å². The summed E-state index contributed by atoms with van der Waals surface area (Å²) in [7, 11) is 0.557. The van der Waals surface area contributed by atoms with Crippen LogP contribution in [0.4, 0.5) is 0 Å². The van der Waals surface area contributed by atoms with Crippen LogP contribution in [0, 0.1) is 0 Å². The Morgan fingerprint density at radius 3 is 2.48 bits per heavy atom. The van der Waals surface area contributed by atoms with Gasteiger partial charge in [0, 0.05) is 17.1 Å². The van der Waals surface area contributed by atoms with Crippen molar-refractivity contribution >= 4 is 25.8 Å². The van der Waals surface area contributed by atoms with Crippen LogP contribution in [-0.4, -0.2) is 42.3 Å². The zero-order valence-electron chi connectivity index (χ0n) is 16.0. The highest BCUT2D eigenvalue weighted by Crippen LogP contribution is 2.31. The molecule has 1 heterocycles. The maximum Gasteiger partial charge on any atom is 0.310 e. The topological polar surface area (TPSA) is 30.8 Å². The number of rotatable bonds is 7. The van der Waals surface area contributed by atoms with E-state index in [2.05, 4.69) is 60.2 Å². The van der Waals surface area contributed by atoms with Gasteiger partial charge in [0.2, 0.25) is 0 Å². The Labute approximate surface area is 149 Å². The molecule has 3 nitrogen and oxygen atoms in total. The molecule has 132 valence electrons. The van der Waals surface area contributed by atoms with E-state index >= 15 is 0 Å². The molecule has 1 fully saturated rings. The van der Waals surface area contributed by atoms with Gasteiger partial charge in [-0.25, -0.2) is 0 Å². The predicted molar refractivity (Wildman–Crippen MR) is 105 cm³/mol. The monoisotopic (exact) mass is 339 g/mol. The molecule has 0 radical (unpaired) electrons. The lowest BCUT2D eigenvalue weighted by Gasteiger charge is -2.38. The van der Waals surface area contributed by atoms with Gasteiger partial charge in [0.05, 0.1) is 17.7 Å². The van der Waals surface area contributed by atoms with Gasteiger partial charge in [-0.2, -0.15) is 12.6 Å². The molecule has 0 aliphatic carbocycles. The molecule has 2 atom stereocenters. The van der Waals surface area contributed by atoms with Crippen molar-refractivity contribution in [1.82, 2.24) is 0 Å². The Balaban J connectivity index is 2.67. The van der Waals surface area contributed by atoms with Crippen LogP contribution in [-0.2, 0) is 9.39 Å². The number of ether oxygens (including phenoxy) is 1. The second-order valence-electron chi connectivity index (χ2n) is 7.53. The summed E-state index contributed by atoms with van der Waals surface area (Å²) in [6.07, 6.45) is 5.88. The molecule has 1 rings (SSSR count). The summed E-state index contributed by atoms with van der Waals surface area (Å²) in [5.74, 6) is 0. The lowest BCUT2D eigenvalue weighted by atomic mass is 9.80. The standard InChI is InChI=1S/C18H34BNO2S/c1-8-15(19-22-17(4,5)18(6,7)23)13(2)20-14(3)16-11-9-10-12-21-16/h8,14,16,19,23H,9-12H2,1-7H3/b15-8+,20-13-. The second kappa shape index (κ2) is 8.73. The van der Waals surface area contributed by atoms with Crippen LogP contribution in [0.2, 0.25) is 0 Å². The van der Waals surface area contributed by atoms with E-state index in [1.165, 1.54) is 12.8 Å². The van der Waals surface area contributed by atoms with Crippen molar-refractivity contribution < 1.29 is 9.39 Å². The molecule has 0 amide bonds. The first-order valence-corrected chi connectivity index (χ1v) is 9.21. The fourth-order valence-corrected chi connectivity index (χ4v) is 2.51. The minimum atomic E-state index is -0.317. The van der Waals surface area contributed by atoms with Crippen LogP contribution in [0.1, 0.15) is 67.7 Å². The molecule has 0 aromatic carbocycles. The Kier molecular flexibility index (Phi) is 7.89. The van der Waals surface area contributed by atoms with Crippen molar-refractivity contribution in [2.24, 2.45) is 4.99 Å². The van der Waals surface area contributed by atoms with Crippen molar-refractivity contribution in [1.29, 1.82) is 0 Å². The maximum atomic E-state index is 6.14. The van der Waals surface area contributed by atoms with Crippen LogP contribution < -0.4 is 0 Å². The average Bonchev–Trinajstić information content (AvgIpc) is 2.47. The van der Waals surface area contributed by atoms with E-state index < -0.39 is 0 Å². The van der Waals surface area contributed by atoms with E-state index in [4.69, 9.17) is 14.4 Å². The number of thiol groups is 1. The van der Waals surface area contributed by atoms with E-state index in [1.54, 1.807) is 0 Å². The molecule has 0 aromatic rings. The smallest absolute Gasteiger partial charge is 0.310 e. The first-order valence-electron chi connectivity index (χ1n) is 8.76. The first kappa shape index (κ1) is 20.8. The number of allylic oxidation sites excluding steroid dienone is 2. The summed E-state index contributed by atoms with van der Waals surface area (Å²) < 4.78 is 11.8. The average molecular weight is 339 g/mol. The van der Waals surface area contributed by atoms with E-state index in [0.29, 0.717) is 7.48 Å². The summed E-state index contributed by atoms with van der Waals surface area (Å²) in [4.78, 5) is 4.86. The molecular weight excluding hydrogens is 305 g/mol. The van der Waals surface area contributed by atoms with E-state index in [1.807, 2.05) is 6.92 Å². The van der Waals surface area contributed by atoms with Crippen LogP contribution in [0.25, 0.3) is 0 Å². The third-order valence-electron chi connectivity index (χ3n) is 5.03. The molecule has 0 spiro atoms. The number of hydrogen-bond acceptors (Lipinski definition) is 4. The van der Waals surface area contributed by atoms with Crippen molar-refractivity contribution in [3.05, 3.63) is 11.5 Å². The van der Waals surface area contributed by atoms with Crippen LogP contribution in [0.15, 0.2) is 16.5 Å². The molecule has 1 saturated heterocycles. The molecule has 1 aliphatic heterocycles. The van der Waals surface area contributed by atoms with Gasteiger partial charge >= 0.3 is 7.48 Å². The highest BCUT2D eigenvalue weighted by molar-refractivity contribution is 7.81. The fraction of sp³-hybridized carbons (Fsp3) is 0.833. The first-order chi connectivity index (χ1) is 10.6.